The van der Waals surface area contributed by atoms with Gasteiger partial charge in [0.15, 0.2) is 5.65 Å². The first-order valence-corrected chi connectivity index (χ1v) is 6.84. The van der Waals surface area contributed by atoms with Gasteiger partial charge >= 0.3 is 0 Å². The maximum atomic E-state index is 4.48. The number of aromatic nitrogens is 3. The molecule has 1 aliphatic heterocycles. The SMILES string of the molecule is Cc1cnc2c(c1)ncn2CCC1CCCCN1. The Morgan fingerprint density at radius 2 is 2.33 bits per heavy atom. The van der Waals surface area contributed by atoms with Gasteiger partial charge in [-0.25, -0.2) is 9.97 Å². The van der Waals surface area contributed by atoms with E-state index in [-0.39, 0.29) is 0 Å². The number of rotatable bonds is 3. The zero-order valence-electron chi connectivity index (χ0n) is 10.9. The third-order valence-electron chi connectivity index (χ3n) is 3.72. The molecule has 0 aromatic carbocycles. The zero-order valence-corrected chi connectivity index (χ0v) is 10.9. The van der Waals surface area contributed by atoms with Crippen LogP contribution < -0.4 is 5.32 Å². The predicted molar refractivity (Wildman–Crippen MR) is 72.5 cm³/mol. The van der Waals surface area contributed by atoms with Gasteiger partial charge in [0.05, 0.1) is 6.33 Å². The first-order chi connectivity index (χ1) is 8.83. The summed E-state index contributed by atoms with van der Waals surface area (Å²) >= 11 is 0. The van der Waals surface area contributed by atoms with Crippen LogP contribution in [-0.2, 0) is 6.54 Å². The van der Waals surface area contributed by atoms with Crippen molar-refractivity contribution in [1.82, 2.24) is 19.9 Å². The molecule has 0 saturated carbocycles. The van der Waals surface area contributed by atoms with Crippen LogP contribution in [0, 0.1) is 6.92 Å². The summed E-state index contributed by atoms with van der Waals surface area (Å²) in [7, 11) is 0. The van der Waals surface area contributed by atoms with Crippen LogP contribution in [0.2, 0.25) is 0 Å². The fourth-order valence-electron chi connectivity index (χ4n) is 2.68. The van der Waals surface area contributed by atoms with Gasteiger partial charge in [0.25, 0.3) is 0 Å². The first kappa shape index (κ1) is 11.7. The molecule has 0 aliphatic carbocycles. The highest BCUT2D eigenvalue weighted by Gasteiger charge is 2.13. The largest absolute Gasteiger partial charge is 0.315 e. The highest BCUT2D eigenvalue weighted by molar-refractivity contribution is 5.71. The van der Waals surface area contributed by atoms with Crippen molar-refractivity contribution in [2.24, 2.45) is 0 Å². The van der Waals surface area contributed by atoms with Crippen LogP contribution in [-0.4, -0.2) is 27.1 Å². The molecule has 1 N–H and O–H groups in total. The van der Waals surface area contributed by atoms with E-state index < -0.39 is 0 Å². The molecule has 0 bridgehead atoms. The second kappa shape index (κ2) is 5.06. The molecule has 0 amide bonds. The summed E-state index contributed by atoms with van der Waals surface area (Å²) in [6, 6.07) is 2.76. The van der Waals surface area contributed by atoms with E-state index in [4.69, 9.17) is 0 Å². The van der Waals surface area contributed by atoms with Crippen LogP contribution in [0.25, 0.3) is 11.2 Å². The van der Waals surface area contributed by atoms with Crippen LogP contribution in [0.1, 0.15) is 31.2 Å². The molecule has 4 nitrogen and oxygen atoms in total. The summed E-state index contributed by atoms with van der Waals surface area (Å²) < 4.78 is 2.17. The Hall–Kier alpha value is -1.42. The topological polar surface area (TPSA) is 42.7 Å². The maximum absolute atomic E-state index is 4.48. The van der Waals surface area contributed by atoms with Crippen LogP contribution in [0.15, 0.2) is 18.6 Å². The van der Waals surface area contributed by atoms with Crippen LogP contribution >= 0.6 is 0 Å². The van der Waals surface area contributed by atoms with E-state index in [1.807, 2.05) is 12.5 Å². The monoisotopic (exact) mass is 244 g/mol. The van der Waals surface area contributed by atoms with Crippen molar-refractivity contribution in [2.75, 3.05) is 6.54 Å². The summed E-state index contributed by atoms with van der Waals surface area (Å²) in [5.74, 6) is 0. The fourth-order valence-corrected chi connectivity index (χ4v) is 2.68. The minimum absolute atomic E-state index is 0.668. The van der Waals surface area contributed by atoms with Crippen LogP contribution in [0.4, 0.5) is 0 Å². The van der Waals surface area contributed by atoms with Crippen molar-refractivity contribution >= 4 is 11.2 Å². The van der Waals surface area contributed by atoms with Crippen molar-refractivity contribution in [3.05, 3.63) is 24.2 Å². The van der Waals surface area contributed by atoms with Gasteiger partial charge in [-0.3, -0.25) is 0 Å². The Labute approximate surface area is 107 Å². The summed E-state index contributed by atoms with van der Waals surface area (Å²) in [6.45, 7) is 4.23. The van der Waals surface area contributed by atoms with E-state index >= 15 is 0 Å². The van der Waals surface area contributed by atoms with E-state index in [1.165, 1.54) is 37.8 Å². The number of nitrogens with one attached hydrogen (secondary N) is 1. The van der Waals surface area contributed by atoms with Crippen molar-refractivity contribution in [3.8, 4) is 0 Å². The van der Waals surface area contributed by atoms with Gasteiger partial charge in [-0.15, -0.1) is 0 Å². The van der Waals surface area contributed by atoms with Crippen LogP contribution in [0.3, 0.4) is 0 Å². The van der Waals surface area contributed by atoms with Gasteiger partial charge in [-0.05, 0) is 44.4 Å². The number of hydrogen-bond acceptors (Lipinski definition) is 3. The second-order valence-electron chi connectivity index (χ2n) is 5.23. The molecule has 1 unspecified atom stereocenters. The molecule has 1 atom stereocenters. The van der Waals surface area contributed by atoms with Crippen molar-refractivity contribution in [1.29, 1.82) is 0 Å². The minimum atomic E-state index is 0.668. The lowest BCUT2D eigenvalue weighted by atomic mass is 10.0. The Morgan fingerprint density at radius 3 is 3.17 bits per heavy atom. The third-order valence-corrected chi connectivity index (χ3v) is 3.72. The maximum Gasteiger partial charge on any atom is 0.159 e. The number of nitrogens with zero attached hydrogens (tertiary/aromatic N) is 3. The molecular weight excluding hydrogens is 224 g/mol. The standard InChI is InChI=1S/C14H20N4/c1-11-8-13-14(16-9-11)18(10-17-13)7-5-12-4-2-3-6-15-12/h8-10,12,15H,2-7H2,1H3. The minimum Gasteiger partial charge on any atom is -0.315 e. The zero-order chi connectivity index (χ0) is 12.4. The second-order valence-corrected chi connectivity index (χ2v) is 5.23. The molecule has 2 aromatic heterocycles. The highest BCUT2D eigenvalue weighted by Crippen LogP contribution is 2.15. The van der Waals surface area contributed by atoms with Gasteiger partial charge in [0.2, 0.25) is 0 Å². The van der Waals surface area contributed by atoms with E-state index in [2.05, 4.69) is 32.8 Å². The van der Waals surface area contributed by atoms with Crippen molar-refractivity contribution < 1.29 is 0 Å². The van der Waals surface area contributed by atoms with Gasteiger partial charge < -0.3 is 9.88 Å². The Balaban J connectivity index is 1.70. The number of pyridine rings is 1. The molecule has 1 fully saturated rings. The molecule has 4 heteroatoms. The van der Waals surface area contributed by atoms with E-state index in [0.29, 0.717) is 6.04 Å². The Kier molecular flexibility index (Phi) is 3.28. The normalized spacial score (nSPS) is 20.4. The smallest absolute Gasteiger partial charge is 0.159 e. The summed E-state index contributed by atoms with van der Waals surface area (Å²) in [6.07, 6.45) is 8.99. The van der Waals surface area contributed by atoms with Crippen LogP contribution in [0.5, 0.6) is 0 Å². The molecule has 1 aliphatic rings. The van der Waals surface area contributed by atoms with Gasteiger partial charge in [0.1, 0.15) is 5.52 Å². The number of fused-ring (bicyclic) bond motifs is 1. The molecule has 3 heterocycles. The van der Waals surface area contributed by atoms with Crippen molar-refractivity contribution in [3.63, 3.8) is 0 Å². The lowest BCUT2D eigenvalue weighted by molar-refractivity contribution is 0.368. The summed E-state index contributed by atoms with van der Waals surface area (Å²) in [5, 5.41) is 3.58. The first-order valence-electron chi connectivity index (χ1n) is 6.84. The molecule has 1 saturated heterocycles. The predicted octanol–water partition coefficient (Wildman–Crippen LogP) is 2.27. The van der Waals surface area contributed by atoms with Gasteiger partial charge in [-0.1, -0.05) is 6.42 Å². The van der Waals surface area contributed by atoms with Gasteiger partial charge in [-0.2, -0.15) is 0 Å². The third kappa shape index (κ3) is 2.38. The molecule has 2 aromatic rings. The van der Waals surface area contributed by atoms with Crippen molar-refractivity contribution in [2.45, 2.75) is 45.2 Å². The number of imidazole rings is 1. The fraction of sp³-hybridized carbons (Fsp3) is 0.571. The molecule has 0 spiro atoms. The quantitative estimate of drug-likeness (QED) is 0.900. The summed E-state index contributed by atoms with van der Waals surface area (Å²) in [4.78, 5) is 8.91. The molecular formula is C14H20N4. The molecule has 3 rings (SSSR count). The summed E-state index contributed by atoms with van der Waals surface area (Å²) in [5.41, 5.74) is 3.18. The Morgan fingerprint density at radius 1 is 1.39 bits per heavy atom. The Bertz CT molecular complexity index is 526. The molecule has 0 radical (unpaired) electrons. The molecule has 96 valence electrons. The highest BCUT2D eigenvalue weighted by atomic mass is 15.1. The van der Waals surface area contributed by atoms with E-state index in [9.17, 15) is 0 Å². The van der Waals surface area contributed by atoms with Gasteiger partial charge in [0, 0.05) is 18.8 Å². The number of aryl methyl sites for hydroxylation is 2. The average Bonchev–Trinajstić information content (AvgIpc) is 2.80. The van der Waals surface area contributed by atoms with E-state index in [0.717, 1.165) is 17.7 Å². The lowest BCUT2D eigenvalue weighted by Gasteiger charge is -2.23. The van der Waals surface area contributed by atoms with E-state index in [1.54, 1.807) is 0 Å². The average molecular weight is 244 g/mol. The molecule has 18 heavy (non-hydrogen) atoms. The number of piperidine rings is 1. The number of hydrogen-bond donors (Lipinski definition) is 1. The lowest BCUT2D eigenvalue weighted by Crippen LogP contribution is -2.34.